The molecular weight excluding hydrogens is 264 g/mol. The summed E-state index contributed by atoms with van der Waals surface area (Å²) in [6, 6.07) is 3.75. The van der Waals surface area contributed by atoms with Crippen LogP contribution in [0.5, 0.6) is 5.75 Å². The van der Waals surface area contributed by atoms with Crippen LogP contribution in [0.2, 0.25) is 0 Å². The van der Waals surface area contributed by atoms with Crippen molar-refractivity contribution in [3.8, 4) is 5.75 Å². The Hall–Kier alpha value is -0.580. The molecule has 0 aliphatic heterocycles. The number of thiophene rings is 1. The summed E-state index contributed by atoms with van der Waals surface area (Å²) in [6.45, 7) is 0.00745. The standard InChI is InChI=1S/C10H9BrO2S/c11-4-6-3-7(5-12)8-1-2-14-10(8)9(6)13/h1-3,12-13H,4-5H2. The van der Waals surface area contributed by atoms with Crippen LogP contribution in [0.4, 0.5) is 0 Å². The lowest BCUT2D eigenvalue weighted by Gasteiger charge is -2.06. The lowest BCUT2D eigenvalue weighted by atomic mass is 10.1. The van der Waals surface area contributed by atoms with Gasteiger partial charge in [-0.1, -0.05) is 15.9 Å². The summed E-state index contributed by atoms with van der Waals surface area (Å²) in [7, 11) is 0. The highest BCUT2D eigenvalue weighted by Gasteiger charge is 2.10. The van der Waals surface area contributed by atoms with E-state index >= 15 is 0 Å². The quantitative estimate of drug-likeness (QED) is 0.826. The molecule has 1 aromatic heterocycles. The van der Waals surface area contributed by atoms with Gasteiger partial charge in [-0.25, -0.2) is 0 Å². The maximum Gasteiger partial charge on any atom is 0.137 e. The molecule has 0 aliphatic rings. The highest BCUT2D eigenvalue weighted by molar-refractivity contribution is 9.08. The van der Waals surface area contributed by atoms with Gasteiger partial charge in [-0.05, 0) is 23.1 Å². The second kappa shape index (κ2) is 3.88. The van der Waals surface area contributed by atoms with E-state index in [4.69, 9.17) is 0 Å². The van der Waals surface area contributed by atoms with Crippen LogP contribution < -0.4 is 0 Å². The van der Waals surface area contributed by atoms with Crippen molar-refractivity contribution < 1.29 is 10.2 Å². The first-order chi connectivity index (χ1) is 6.77. The number of fused-ring (bicyclic) bond motifs is 1. The zero-order valence-corrected chi connectivity index (χ0v) is 9.73. The number of aliphatic hydroxyl groups excluding tert-OH is 1. The van der Waals surface area contributed by atoms with E-state index in [1.807, 2.05) is 17.5 Å². The van der Waals surface area contributed by atoms with Gasteiger partial charge in [-0.2, -0.15) is 0 Å². The van der Waals surface area contributed by atoms with Crippen molar-refractivity contribution in [2.24, 2.45) is 0 Å². The number of aromatic hydroxyl groups is 1. The number of hydrogen-bond donors (Lipinski definition) is 2. The Bertz CT molecular complexity index is 464. The Balaban J connectivity index is 2.80. The molecule has 2 aromatic rings. The average molecular weight is 273 g/mol. The lowest BCUT2D eigenvalue weighted by molar-refractivity contribution is 0.283. The van der Waals surface area contributed by atoms with Crippen molar-refractivity contribution in [3.63, 3.8) is 0 Å². The molecule has 0 fully saturated rings. The van der Waals surface area contributed by atoms with Crippen LogP contribution in [0, 0.1) is 0 Å². The zero-order valence-electron chi connectivity index (χ0n) is 7.33. The minimum absolute atomic E-state index is 0.00745. The molecule has 2 N–H and O–H groups in total. The lowest BCUT2D eigenvalue weighted by Crippen LogP contribution is -1.88. The van der Waals surface area contributed by atoms with Crippen LogP contribution in [0.3, 0.4) is 0 Å². The van der Waals surface area contributed by atoms with Crippen LogP contribution >= 0.6 is 27.3 Å². The number of halogens is 1. The van der Waals surface area contributed by atoms with Crippen molar-refractivity contribution >= 4 is 37.4 Å². The van der Waals surface area contributed by atoms with Gasteiger partial charge in [-0.15, -0.1) is 11.3 Å². The van der Waals surface area contributed by atoms with Crippen LogP contribution in [-0.2, 0) is 11.9 Å². The van der Waals surface area contributed by atoms with Crippen LogP contribution in [-0.4, -0.2) is 10.2 Å². The molecule has 0 spiro atoms. The van der Waals surface area contributed by atoms with Crippen molar-refractivity contribution in [2.75, 3.05) is 0 Å². The van der Waals surface area contributed by atoms with Crippen molar-refractivity contribution in [3.05, 3.63) is 28.6 Å². The van der Waals surface area contributed by atoms with Gasteiger partial charge in [-0.3, -0.25) is 0 Å². The van der Waals surface area contributed by atoms with E-state index in [1.54, 1.807) is 0 Å². The molecule has 1 heterocycles. The molecule has 0 saturated carbocycles. The second-order valence-electron chi connectivity index (χ2n) is 3.00. The molecule has 4 heteroatoms. The molecular formula is C10H9BrO2S. The Kier molecular flexibility index (Phi) is 2.76. The number of hydrogen-bond acceptors (Lipinski definition) is 3. The van der Waals surface area contributed by atoms with E-state index in [0.717, 1.165) is 21.2 Å². The predicted octanol–water partition coefficient (Wildman–Crippen LogP) is 2.99. The number of alkyl halides is 1. The Morgan fingerprint density at radius 2 is 2.14 bits per heavy atom. The van der Waals surface area contributed by atoms with E-state index in [1.165, 1.54) is 11.3 Å². The molecule has 14 heavy (non-hydrogen) atoms. The number of aliphatic hydroxyl groups is 1. The highest BCUT2D eigenvalue weighted by Crippen LogP contribution is 2.36. The third-order valence-electron chi connectivity index (χ3n) is 2.19. The minimum atomic E-state index is 0.00745. The van der Waals surface area contributed by atoms with Crippen molar-refractivity contribution in [2.45, 2.75) is 11.9 Å². The van der Waals surface area contributed by atoms with Gasteiger partial charge in [0.25, 0.3) is 0 Å². The topological polar surface area (TPSA) is 40.5 Å². The molecule has 0 unspecified atom stereocenters. The van der Waals surface area contributed by atoms with Gasteiger partial charge in [0, 0.05) is 16.3 Å². The first-order valence-corrected chi connectivity index (χ1v) is 6.15. The van der Waals surface area contributed by atoms with Gasteiger partial charge in [0.1, 0.15) is 5.75 Å². The molecule has 0 bridgehead atoms. The number of benzene rings is 1. The van der Waals surface area contributed by atoms with Crippen molar-refractivity contribution in [1.82, 2.24) is 0 Å². The molecule has 2 nitrogen and oxygen atoms in total. The minimum Gasteiger partial charge on any atom is -0.506 e. The monoisotopic (exact) mass is 272 g/mol. The Labute approximate surface area is 93.9 Å². The molecule has 74 valence electrons. The SMILES string of the molecule is OCc1cc(CBr)c(O)c2sccc12. The van der Waals surface area contributed by atoms with E-state index in [2.05, 4.69) is 15.9 Å². The summed E-state index contributed by atoms with van der Waals surface area (Å²) >= 11 is 4.80. The maximum atomic E-state index is 9.86. The van der Waals surface area contributed by atoms with Crippen molar-refractivity contribution in [1.29, 1.82) is 0 Å². The third kappa shape index (κ3) is 1.43. The van der Waals surface area contributed by atoms with E-state index in [0.29, 0.717) is 11.1 Å². The summed E-state index contributed by atoms with van der Waals surface area (Å²) in [5.41, 5.74) is 1.69. The fourth-order valence-corrected chi connectivity index (χ4v) is 2.82. The molecule has 2 rings (SSSR count). The zero-order chi connectivity index (χ0) is 10.1. The molecule has 0 radical (unpaired) electrons. The van der Waals surface area contributed by atoms with Crippen LogP contribution in [0.25, 0.3) is 10.1 Å². The average Bonchev–Trinajstić information content (AvgIpc) is 2.68. The Morgan fingerprint density at radius 3 is 2.79 bits per heavy atom. The fraction of sp³-hybridized carbons (Fsp3) is 0.200. The van der Waals surface area contributed by atoms with Gasteiger partial charge < -0.3 is 10.2 Å². The third-order valence-corrected chi connectivity index (χ3v) is 3.72. The smallest absolute Gasteiger partial charge is 0.137 e. The largest absolute Gasteiger partial charge is 0.506 e. The second-order valence-corrected chi connectivity index (χ2v) is 4.48. The summed E-state index contributed by atoms with van der Waals surface area (Å²) in [4.78, 5) is 0. The predicted molar refractivity (Wildman–Crippen MR) is 62.0 cm³/mol. The number of phenolic OH excluding ortho intramolecular Hbond substituents is 1. The van der Waals surface area contributed by atoms with E-state index in [9.17, 15) is 10.2 Å². The van der Waals surface area contributed by atoms with Gasteiger partial charge in [0.2, 0.25) is 0 Å². The normalized spacial score (nSPS) is 11.0. The maximum absolute atomic E-state index is 9.86. The van der Waals surface area contributed by atoms with E-state index in [-0.39, 0.29) is 6.61 Å². The molecule has 1 aromatic carbocycles. The Morgan fingerprint density at radius 1 is 1.36 bits per heavy atom. The first kappa shape index (κ1) is 9.96. The first-order valence-electron chi connectivity index (χ1n) is 4.15. The van der Waals surface area contributed by atoms with Gasteiger partial charge in [0.05, 0.1) is 11.3 Å². The van der Waals surface area contributed by atoms with Crippen LogP contribution in [0.1, 0.15) is 11.1 Å². The van der Waals surface area contributed by atoms with Crippen LogP contribution in [0.15, 0.2) is 17.5 Å². The molecule has 0 atom stereocenters. The molecule has 0 amide bonds. The molecule has 0 saturated heterocycles. The summed E-state index contributed by atoms with van der Waals surface area (Å²) < 4.78 is 0.853. The fourth-order valence-electron chi connectivity index (χ4n) is 1.48. The van der Waals surface area contributed by atoms with E-state index < -0.39 is 0 Å². The number of phenols is 1. The number of rotatable bonds is 2. The summed E-state index contributed by atoms with van der Waals surface area (Å²) in [6.07, 6.45) is 0. The highest BCUT2D eigenvalue weighted by atomic mass is 79.9. The summed E-state index contributed by atoms with van der Waals surface area (Å²) in [5.74, 6) is 0.323. The van der Waals surface area contributed by atoms with Gasteiger partial charge >= 0.3 is 0 Å². The van der Waals surface area contributed by atoms with Gasteiger partial charge in [0.15, 0.2) is 0 Å². The molecule has 0 aliphatic carbocycles. The summed E-state index contributed by atoms with van der Waals surface area (Å²) in [5, 5.41) is 22.5.